The smallest absolute Gasteiger partial charge is 0.148 e. The Balaban J connectivity index is 2.22. The third-order valence-corrected chi connectivity index (χ3v) is 3.34. The molecule has 1 heterocycles. The molecule has 0 saturated carbocycles. The van der Waals surface area contributed by atoms with E-state index in [1.165, 1.54) is 10.7 Å². The summed E-state index contributed by atoms with van der Waals surface area (Å²) in [6, 6.07) is 13.3. The fourth-order valence-electron chi connectivity index (χ4n) is 2.11. The van der Waals surface area contributed by atoms with Gasteiger partial charge < -0.3 is 5.11 Å². The van der Waals surface area contributed by atoms with E-state index >= 15 is 0 Å². The molecule has 0 atom stereocenters. The summed E-state index contributed by atoms with van der Waals surface area (Å²) in [6.07, 6.45) is 0. The van der Waals surface area contributed by atoms with Crippen LogP contribution in [0.3, 0.4) is 0 Å². The van der Waals surface area contributed by atoms with Gasteiger partial charge in [-0.15, -0.1) is 5.10 Å². The van der Waals surface area contributed by atoms with Crippen molar-refractivity contribution in [2.24, 2.45) is 0 Å². The Morgan fingerprint density at radius 1 is 1.10 bits per heavy atom. The second-order valence-corrected chi connectivity index (χ2v) is 4.85. The minimum Gasteiger partial charge on any atom is -0.390 e. The van der Waals surface area contributed by atoms with Gasteiger partial charge in [-0.1, -0.05) is 41.1 Å². The molecule has 0 aliphatic heterocycles. The van der Waals surface area contributed by atoms with E-state index in [9.17, 15) is 9.50 Å². The number of aromatic nitrogens is 3. The van der Waals surface area contributed by atoms with Crippen LogP contribution in [0.5, 0.6) is 0 Å². The van der Waals surface area contributed by atoms with E-state index in [1.807, 2.05) is 0 Å². The minimum absolute atomic E-state index is 0.273. The van der Waals surface area contributed by atoms with E-state index in [1.54, 1.807) is 42.5 Å². The highest BCUT2D eigenvalue weighted by Crippen LogP contribution is 2.27. The van der Waals surface area contributed by atoms with Crippen molar-refractivity contribution in [3.8, 4) is 16.9 Å². The summed E-state index contributed by atoms with van der Waals surface area (Å²) >= 11 is 5.88. The number of hydrogen-bond donors (Lipinski definition) is 1. The molecule has 3 aromatic rings. The van der Waals surface area contributed by atoms with Gasteiger partial charge in [0.05, 0.1) is 6.61 Å². The van der Waals surface area contributed by atoms with Crippen molar-refractivity contribution in [1.82, 2.24) is 15.0 Å². The lowest BCUT2D eigenvalue weighted by Crippen LogP contribution is -2.02. The van der Waals surface area contributed by atoms with Crippen LogP contribution in [0.1, 0.15) is 5.69 Å². The van der Waals surface area contributed by atoms with Crippen molar-refractivity contribution in [2.75, 3.05) is 0 Å². The summed E-state index contributed by atoms with van der Waals surface area (Å²) < 4.78 is 15.4. The van der Waals surface area contributed by atoms with Crippen LogP contribution in [0.4, 0.5) is 4.39 Å². The normalized spacial score (nSPS) is 10.8. The second kappa shape index (κ2) is 5.63. The van der Waals surface area contributed by atoms with Gasteiger partial charge in [-0.25, -0.2) is 9.07 Å². The lowest BCUT2D eigenvalue weighted by Gasteiger charge is -2.08. The second-order valence-electron chi connectivity index (χ2n) is 4.41. The predicted molar refractivity (Wildman–Crippen MR) is 77.7 cm³/mol. The molecule has 0 bridgehead atoms. The van der Waals surface area contributed by atoms with Gasteiger partial charge in [-0.2, -0.15) is 0 Å². The van der Waals surface area contributed by atoms with E-state index in [0.717, 1.165) is 5.56 Å². The van der Waals surface area contributed by atoms with Crippen molar-refractivity contribution in [1.29, 1.82) is 0 Å². The van der Waals surface area contributed by atoms with E-state index in [0.29, 0.717) is 16.4 Å². The number of aliphatic hydroxyl groups excluding tert-OH is 1. The molecule has 0 aliphatic carbocycles. The van der Waals surface area contributed by atoms with Crippen molar-refractivity contribution < 1.29 is 9.50 Å². The first-order chi connectivity index (χ1) is 10.2. The number of benzene rings is 2. The van der Waals surface area contributed by atoms with E-state index in [4.69, 9.17) is 11.6 Å². The highest BCUT2D eigenvalue weighted by atomic mass is 35.5. The molecule has 0 radical (unpaired) electrons. The zero-order valence-corrected chi connectivity index (χ0v) is 11.6. The average molecular weight is 304 g/mol. The zero-order valence-electron chi connectivity index (χ0n) is 10.9. The largest absolute Gasteiger partial charge is 0.390 e. The predicted octanol–water partition coefficient (Wildman–Crippen LogP) is 3.22. The zero-order chi connectivity index (χ0) is 14.8. The molecular weight excluding hydrogens is 293 g/mol. The Hall–Kier alpha value is -2.24. The maximum absolute atomic E-state index is 14.0. The molecule has 4 nitrogen and oxygen atoms in total. The molecule has 0 fully saturated rings. The summed E-state index contributed by atoms with van der Waals surface area (Å²) in [6.45, 7) is -0.285. The Morgan fingerprint density at radius 3 is 2.48 bits per heavy atom. The van der Waals surface area contributed by atoms with E-state index < -0.39 is 5.82 Å². The molecule has 0 amide bonds. The lowest BCUT2D eigenvalue weighted by molar-refractivity contribution is 0.277. The third kappa shape index (κ3) is 2.53. The van der Waals surface area contributed by atoms with Gasteiger partial charge in [-0.05, 0) is 24.3 Å². The van der Waals surface area contributed by atoms with Crippen LogP contribution in [0.15, 0.2) is 48.5 Å². The number of hydrogen-bond acceptors (Lipinski definition) is 3. The highest BCUT2D eigenvalue weighted by molar-refractivity contribution is 6.30. The Labute approximate surface area is 125 Å². The van der Waals surface area contributed by atoms with Crippen molar-refractivity contribution in [3.63, 3.8) is 0 Å². The van der Waals surface area contributed by atoms with Gasteiger partial charge in [0.1, 0.15) is 22.9 Å². The van der Waals surface area contributed by atoms with Gasteiger partial charge >= 0.3 is 0 Å². The van der Waals surface area contributed by atoms with Gasteiger partial charge in [0, 0.05) is 10.6 Å². The van der Waals surface area contributed by atoms with Gasteiger partial charge in [0.2, 0.25) is 0 Å². The average Bonchev–Trinajstić information content (AvgIpc) is 2.92. The van der Waals surface area contributed by atoms with Crippen LogP contribution < -0.4 is 0 Å². The molecular formula is C15H11ClFN3O. The van der Waals surface area contributed by atoms with E-state index in [-0.39, 0.29) is 12.3 Å². The number of rotatable bonds is 3. The number of aliphatic hydroxyl groups is 1. The fraction of sp³-hybridized carbons (Fsp3) is 0.0667. The maximum Gasteiger partial charge on any atom is 0.148 e. The van der Waals surface area contributed by atoms with Crippen LogP contribution >= 0.6 is 11.6 Å². The van der Waals surface area contributed by atoms with Gasteiger partial charge in [-0.3, -0.25) is 0 Å². The summed E-state index contributed by atoms with van der Waals surface area (Å²) in [5.41, 5.74) is 1.94. The molecule has 1 N–H and O–H groups in total. The number of nitrogens with zero attached hydrogens (tertiary/aromatic N) is 3. The van der Waals surface area contributed by atoms with Crippen LogP contribution in [0.2, 0.25) is 5.02 Å². The Morgan fingerprint density at radius 2 is 1.81 bits per heavy atom. The Kier molecular flexibility index (Phi) is 3.68. The maximum atomic E-state index is 14.0. The first kappa shape index (κ1) is 13.7. The molecule has 0 spiro atoms. The minimum atomic E-state index is -0.415. The SMILES string of the molecule is OCc1nnn(-c2ccccc2F)c1-c1ccc(Cl)cc1. The molecule has 2 aromatic carbocycles. The molecule has 0 aliphatic rings. The standard InChI is InChI=1S/C15H11ClFN3O/c16-11-7-5-10(6-8-11)15-13(9-21)18-19-20(15)14-4-2-1-3-12(14)17/h1-8,21H,9H2. The van der Waals surface area contributed by atoms with Crippen LogP contribution in [0, 0.1) is 5.82 Å². The molecule has 3 rings (SSSR count). The van der Waals surface area contributed by atoms with Gasteiger partial charge in [0.15, 0.2) is 0 Å². The monoisotopic (exact) mass is 303 g/mol. The van der Waals surface area contributed by atoms with Crippen molar-refractivity contribution in [3.05, 3.63) is 65.1 Å². The van der Waals surface area contributed by atoms with Crippen molar-refractivity contribution >= 4 is 11.6 Å². The molecule has 1 aromatic heterocycles. The fourth-order valence-corrected chi connectivity index (χ4v) is 2.23. The van der Waals surface area contributed by atoms with E-state index in [2.05, 4.69) is 10.3 Å². The van der Waals surface area contributed by atoms with Crippen LogP contribution in [-0.2, 0) is 6.61 Å². The summed E-state index contributed by atoms with van der Waals surface area (Å²) in [5, 5.41) is 17.9. The molecule has 21 heavy (non-hydrogen) atoms. The number of halogens is 2. The quantitative estimate of drug-likeness (QED) is 0.808. The van der Waals surface area contributed by atoms with Crippen LogP contribution in [0.25, 0.3) is 16.9 Å². The third-order valence-electron chi connectivity index (χ3n) is 3.09. The molecule has 6 heteroatoms. The van der Waals surface area contributed by atoms with Gasteiger partial charge in [0.25, 0.3) is 0 Å². The molecule has 0 unspecified atom stereocenters. The summed E-state index contributed by atoms with van der Waals surface area (Å²) in [7, 11) is 0. The topological polar surface area (TPSA) is 50.9 Å². The molecule has 106 valence electrons. The Bertz CT molecular complexity index is 771. The summed E-state index contributed by atoms with van der Waals surface area (Å²) in [4.78, 5) is 0. The number of para-hydroxylation sites is 1. The summed E-state index contributed by atoms with van der Waals surface area (Å²) in [5.74, 6) is -0.415. The first-order valence-corrected chi connectivity index (χ1v) is 6.65. The first-order valence-electron chi connectivity index (χ1n) is 6.27. The van der Waals surface area contributed by atoms with Crippen molar-refractivity contribution in [2.45, 2.75) is 6.61 Å². The van der Waals surface area contributed by atoms with Crippen LogP contribution in [-0.4, -0.2) is 20.1 Å². The highest BCUT2D eigenvalue weighted by Gasteiger charge is 2.17. The molecule has 0 saturated heterocycles. The lowest BCUT2D eigenvalue weighted by atomic mass is 10.1.